The van der Waals surface area contributed by atoms with Crippen LogP contribution in [0.5, 0.6) is 0 Å². The van der Waals surface area contributed by atoms with E-state index in [0.717, 1.165) is 18.8 Å². The average molecular weight is 310 g/mol. The number of imidazole rings is 1. The number of halogens is 1. The highest BCUT2D eigenvalue weighted by atomic mass is 35.5. The molecule has 0 radical (unpaired) electrons. The summed E-state index contributed by atoms with van der Waals surface area (Å²) in [5, 5.41) is 7.64. The summed E-state index contributed by atoms with van der Waals surface area (Å²) in [6.07, 6.45) is 8.29. The lowest BCUT2D eigenvalue weighted by Crippen LogP contribution is -2.27. The first-order valence-electron chi connectivity index (χ1n) is 7.00. The van der Waals surface area contributed by atoms with E-state index in [1.165, 1.54) is 0 Å². The summed E-state index contributed by atoms with van der Waals surface area (Å²) < 4.78 is 3.78. The Morgan fingerprint density at radius 3 is 2.95 bits per heavy atom. The van der Waals surface area contributed by atoms with E-state index in [1.807, 2.05) is 24.6 Å². The maximum atomic E-state index is 11.9. The van der Waals surface area contributed by atoms with E-state index in [-0.39, 0.29) is 11.9 Å². The fraction of sp³-hybridized carbons (Fsp3) is 0.500. The van der Waals surface area contributed by atoms with Crippen LogP contribution in [0, 0.1) is 6.92 Å². The summed E-state index contributed by atoms with van der Waals surface area (Å²) in [7, 11) is 0. The van der Waals surface area contributed by atoms with Crippen LogP contribution in [0.3, 0.4) is 0 Å². The molecular weight excluding hydrogens is 290 g/mol. The lowest BCUT2D eigenvalue weighted by atomic mass is 10.2. The molecule has 7 heteroatoms. The Kier molecular flexibility index (Phi) is 5.38. The SMILES string of the molecule is Cc1nccn1C(C)CC(=O)NCCCn1cc(Cl)cn1. The van der Waals surface area contributed by atoms with Crippen molar-refractivity contribution >= 4 is 17.5 Å². The van der Waals surface area contributed by atoms with Crippen molar-refractivity contribution in [2.24, 2.45) is 0 Å². The van der Waals surface area contributed by atoms with Crippen molar-refractivity contribution in [2.45, 2.75) is 39.3 Å². The van der Waals surface area contributed by atoms with Crippen molar-refractivity contribution < 1.29 is 4.79 Å². The van der Waals surface area contributed by atoms with E-state index >= 15 is 0 Å². The second-order valence-corrected chi connectivity index (χ2v) is 5.50. The van der Waals surface area contributed by atoms with E-state index in [1.54, 1.807) is 23.3 Å². The van der Waals surface area contributed by atoms with Crippen molar-refractivity contribution in [1.82, 2.24) is 24.6 Å². The molecule has 2 aromatic heterocycles. The number of rotatable bonds is 7. The van der Waals surface area contributed by atoms with Crippen LogP contribution in [-0.2, 0) is 11.3 Å². The summed E-state index contributed by atoms with van der Waals surface area (Å²) >= 11 is 5.78. The highest BCUT2D eigenvalue weighted by molar-refractivity contribution is 6.30. The molecule has 0 saturated carbocycles. The Bertz CT molecular complexity index is 592. The van der Waals surface area contributed by atoms with Crippen LogP contribution in [0.25, 0.3) is 0 Å². The highest BCUT2D eigenvalue weighted by Crippen LogP contribution is 2.12. The molecule has 0 saturated heterocycles. The molecule has 0 aliphatic heterocycles. The Labute approximate surface area is 129 Å². The van der Waals surface area contributed by atoms with Gasteiger partial charge in [-0.1, -0.05) is 11.6 Å². The Morgan fingerprint density at radius 2 is 2.33 bits per heavy atom. The molecule has 0 spiro atoms. The molecule has 0 bridgehead atoms. The molecule has 2 heterocycles. The number of nitrogens with zero attached hydrogens (tertiary/aromatic N) is 4. The van der Waals surface area contributed by atoms with Crippen molar-refractivity contribution in [3.63, 3.8) is 0 Å². The third kappa shape index (κ3) is 4.60. The molecule has 0 aliphatic rings. The first-order chi connectivity index (χ1) is 10.1. The highest BCUT2D eigenvalue weighted by Gasteiger charge is 2.11. The predicted molar refractivity (Wildman–Crippen MR) is 81.2 cm³/mol. The maximum absolute atomic E-state index is 11.9. The van der Waals surface area contributed by atoms with Gasteiger partial charge in [-0.25, -0.2) is 4.98 Å². The smallest absolute Gasteiger partial charge is 0.222 e. The topological polar surface area (TPSA) is 64.7 Å². The minimum atomic E-state index is 0.0501. The molecule has 1 amide bonds. The molecule has 0 aromatic carbocycles. The van der Waals surface area contributed by atoms with Crippen LogP contribution in [0.4, 0.5) is 0 Å². The third-order valence-electron chi connectivity index (χ3n) is 3.31. The molecular formula is C14H20ClN5O. The van der Waals surface area contributed by atoms with Crippen LogP contribution in [-0.4, -0.2) is 31.8 Å². The van der Waals surface area contributed by atoms with Gasteiger partial charge in [-0.3, -0.25) is 9.48 Å². The van der Waals surface area contributed by atoms with Gasteiger partial charge in [0.05, 0.1) is 11.2 Å². The van der Waals surface area contributed by atoms with Gasteiger partial charge in [-0.2, -0.15) is 5.10 Å². The van der Waals surface area contributed by atoms with Gasteiger partial charge in [0, 0.05) is 44.1 Å². The molecule has 1 unspecified atom stereocenters. The number of hydrogen-bond donors (Lipinski definition) is 1. The van der Waals surface area contributed by atoms with Gasteiger partial charge >= 0.3 is 0 Å². The first-order valence-corrected chi connectivity index (χ1v) is 7.38. The number of amides is 1. The first kappa shape index (κ1) is 15.6. The van der Waals surface area contributed by atoms with E-state index < -0.39 is 0 Å². The molecule has 21 heavy (non-hydrogen) atoms. The van der Waals surface area contributed by atoms with Gasteiger partial charge in [0.15, 0.2) is 0 Å². The Morgan fingerprint density at radius 1 is 1.52 bits per heavy atom. The van der Waals surface area contributed by atoms with Gasteiger partial charge in [-0.05, 0) is 20.3 Å². The second kappa shape index (κ2) is 7.26. The zero-order valence-electron chi connectivity index (χ0n) is 12.3. The fourth-order valence-electron chi connectivity index (χ4n) is 2.22. The quantitative estimate of drug-likeness (QED) is 0.797. The molecule has 1 atom stereocenters. The number of nitrogens with one attached hydrogen (secondary N) is 1. The summed E-state index contributed by atoms with van der Waals surface area (Å²) in [6.45, 7) is 5.32. The zero-order valence-corrected chi connectivity index (χ0v) is 13.0. The lowest BCUT2D eigenvalue weighted by Gasteiger charge is -2.14. The molecule has 2 rings (SSSR count). The molecule has 114 valence electrons. The predicted octanol–water partition coefficient (Wildman–Crippen LogP) is 2.20. The van der Waals surface area contributed by atoms with Crippen LogP contribution in [0.15, 0.2) is 24.8 Å². The normalized spacial score (nSPS) is 12.3. The average Bonchev–Trinajstić information content (AvgIpc) is 3.03. The van der Waals surface area contributed by atoms with Gasteiger partial charge in [0.25, 0.3) is 0 Å². The van der Waals surface area contributed by atoms with Crippen LogP contribution < -0.4 is 5.32 Å². The number of carbonyl (C=O) groups excluding carboxylic acids is 1. The summed E-state index contributed by atoms with van der Waals surface area (Å²) in [5.74, 6) is 0.972. The number of carbonyl (C=O) groups is 1. The summed E-state index contributed by atoms with van der Waals surface area (Å²) in [4.78, 5) is 16.1. The molecule has 6 nitrogen and oxygen atoms in total. The minimum absolute atomic E-state index is 0.0501. The third-order valence-corrected chi connectivity index (χ3v) is 3.50. The van der Waals surface area contributed by atoms with Crippen molar-refractivity contribution in [2.75, 3.05) is 6.54 Å². The van der Waals surface area contributed by atoms with E-state index in [0.29, 0.717) is 18.0 Å². The summed E-state index contributed by atoms with van der Waals surface area (Å²) in [6, 6.07) is 0.109. The largest absolute Gasteiger partial charge is 0.356 e. The maximum Gasteiger partial charge on any atom is 0.222 e. The van der Waals surface area contributed by atoms with Crippen LogP contribution >= 0.6 is 11.6 Å². The van der Waals surface area contributed by atoms with Gasteiger partial charge in [0.1, 0.15) is 5.82 Å². The van der Waals surface area contributed by atoms with Gasteiger partial charge in [0.2, 0.25) is 5.91 Å². The summed E-state index contributed by atoms with van der Waals surface area (Å²) in [5.41, 5.74) is 0. The van der Waals surface area contributed by atoms with E-state index in [2.05, 4.69) is 15.4 Å². The van der Waals surface area contributed by atoms with Crippen LogP contribution in [0.2, 0.25) is 5.02 Å². The number of hydrogen-bond acceptors (Lipinski definition) is 3. The fourth-order valence-corrected chi connectivity index (χ4v) is 2.38. The minimum Gasteiger partial charge on any atom is -0.356 e. The van der Waals surface area contributed by atoms with Crippen molar-refractivity contribution in [1.29, 1.82) is 0 Å². The monoisotopic (exact) mass is 309 g/mol. The molecule has 0 fully saturated rings. The standard InChI is InChI=1S/C14H20ClN5O/c1-11(20-7-5-16-12(20)2)8-14(21)17-4-3-6-19-10-13(15)9-18-19/h5,7,9-11H,3-4,6,8H2,1-2H3,(H,17,21). The number of aromatic nitrogens is 4. The van der Waals surface area contributed by atoms with Crippen molar-refractivity contribution in [3.05, 3.63) is 35.6 Å². The van der Waals surface area contributed by atoms with Gasteiger partial charge in [-0.15, -0.1) is 0 Å². The van der Waals surface area contributed by atoms with Crippen molar-refractivity contribution in [3.8, 4) is 0 Å². The second-order valence-electron chi connectivity index (χ2n) is 5.06. The molecule has 0 aliphatic carbocycles. The Balaban J connectivity index is 1.67. The van der Waals surface area contributed by atoms with E-state index in [4.69, 9.17) is 11.6 Å². The van der Waals surface area contributed by atoms with Gasteiger partial charge < -0.3 is 9.88 Å². The lowest BCUT2D eigenvalue weighted by molar-refractivity contribution is -0.121. The number of aryl methyl sites for hydroxylation is 2. The van der Waals surface area contributed by atoms with E-state index in [9.17, 15) is 4.79 Å². The molecule has 1 N–H and O–H groups in total. The molecule has 2 aromatic rings. The Hall–Kier alpha value is -1.82. The van der Waals surface area contributed by atoms with Crippen LogP contribution in [0.1, 0.15) is 31.6 Å². The zero-order chi connectivity index (χ0) is 15.2.